The second kappa shape index (κ2) is 4.19. The van der Waals surface area contributed by atoms with Crippen LogP contribution in [-0.2, 0) is 14.9 Å². The SMILES string of the molecule is NC(CC1(c2cccnc2)COC1)C(=O)O. The Balaban J connectivity index is 2.17. The van der Waals surface area contributed by atoms with Crippen molar-refractivity contribution in [2.45, 2.75) is 17.9 Å². The van der Waals surface area contributed by atoms with Gasteiger partial charge in [0, 0.05) is 17.8 Å². The van der Waals surface area contributed by atoms with Crippen LogP contribution in [0.5, 0.6) is 0 Å². The number of ether oxygens (including phenoxy) is 1. The minimum Gasteiger partial charge on any atom is -0.480 e. The van der Waals surface area contributed by atoms with E-state index in [4.69, 9.17) is 15.6 Å². The Kier molecular flexibility index (Phi) is 2.89. The van der Waals surface area contributed by atoms with Crippen LogP contribution in [0.2, 0.25) is 0 Å². The van der Waals surface area contributed by atoms with Gasteiger partial charge in [0.05, 0.1) is 13.2 Å². The molecular formula is C11H14N2O3. The van der Waals surface area contributed by atoms with Gasteiger partial charge in [-0.25, -0.2) is 0 Å². The van der Waals surface area contributed by atoms with E-state index in [1.807, 2.05) is 12.1 Å². The maximum absolute atomic E-state index is 10.8. The van der Waals surface area contributed by atoms with Crippen molar-refractivity contribution in [3.63, 3.8) is 0 Å². The summed E-state index contributed by atoms with van der Waals surface area (Å²) in [5, 5.41) is 8.83. The van der Waals surface area contributed by atoms with Crippen LogP contribution in [0.15, 0.2) is 24.5 Å². The van der Waals surface area contributed by atoms with Crippen molar-refractivity contribution >= 4 is 5.97 Å². The molecule has 5 heteroatoms. The molecular weight excluding hydrogens is 208 g/mol. The third kappa shape index (κ3) is 1.91. The molecule has 1 aromatic heterocycles. The molecule has 1 aliphatic rings. The number of hydrogen-bond donors (Lipinski definition) is 2. The summed E-state index contributed by atoms with van der Waals surface area (Å²) in [6.45, 7) is 1.03. The van der Waals surface area contributed by atoms with E-state index in [0.29, 0.717) is 19.6 Å². The lowest BCUT2D eigenvalue weighted by Crippen LogP contribution is -2.51. The number of carbonyl (C=O) groups is 1. The van der Waals surface area contributed by atoms with E-state index in [2.05, 4.69) is 4.98 Å². The lowest BCUT2D eigenvalue weighted by Gasteiger charge is -2.42. The summed E-state index contributed by atoms with van der Waals surface area (Å²) in [5.74, 6) is -0.977. The van der Waals surface area contributed by atoms with Gasteiger partial charge < -0.3 is 15.6 Å². The zero-order chi connectivity index (χ0) is 11.6. The summed E-state index contributed by atoms with van der Waals surface area (Å²) in [7, 11) is 0. The molecule has 1 fully saturated rings. The van der Waals surface area contributed by atoms with Crippen molar-refractivity contribution in [2.75, 3.05) is 13.2 Å². The fraction of sp³-hybridized carbons (Fsp3) is 0.455. The smallest absolute Gasteiger partial charge is 0.320 e. The molecule has 1 aromatic rings. The van der Waals surface area contributed by atoms with Gasteiger partial charge in [0.2, 0.25) is 0 Å². The fourth-order valence-corrected chi connectivity index (χ4v) is 1.94. The molecule has 5 nitrogen and oxygen atoms in total. The quantitative estimate of drug-likeness (QED) is 0.757. The Morgan fingerprint density at radius 3 is 2.88 bits per heavy atom. The second-order valence-corrected chi connectivity index (χ2v) is 4.16. The van der Waals surface area contributed by atoms with Gasteiger partial charge in [-0.1, -0.05) is 6.07 Å². The third-order valence-corrected chi connectivity index (χ3v) is 2.96. The highest BCUT2D eigenvalue weighted by molar-refractivity contribution is 5.73. The van der Waals surface area contributed by atoms with E-state index in [-0.39, 0.29) is 5.41 Å². The van der Waals surface area contributed by atoms with Gasteiger partial charge in [0.1, 0.15) is 6.04 Å². The lowest BCUT2D eigenvalue weighted by molar-refractivity contribution is -0.141. The molecule has 0 amide bonds. The fourth-order valence-electron chi connectivity index (χ4n) is 1.94. The Hall–Kier alpha value is -1.46. The molecule has 3 N–H and O–H groups in total. The molecule has 0 radical (unpaired) electrons. The number of nitrogens with two attached hydrogens (primary N) is 1. The Morgan fingerprint density at radius 1 is 1.69 bits per heavy atom. The first-order chi connectivity index (χ1) is 7.64. The van der Waals surface area contributed by atoms with Crippen LogP contribution >= 0.6 is 0 Å². The molecule has 1 aliphatic heterocycles. The molecule has 0 bridgehead atoms. The van der Waals surface area contributed by atoms with Crippen molar-refractivity contribution in [1.29, 1.82) is 0 Å². The van der Waals surface area contributed by atoms with Crippen molar-refractivity contribution in [3.05, 3.63) is 30.1 Å². The Labute approximate surface area is 93.2 Å². The highest BCUT2D eigenvalue weighted by atomic mass is 16.5. The minimum absolute atomic E-state index is 0.272. The average Bonchev–Trinajstić information content (AvgIpc) is 2.24. The molecule has 86 valence electrons. The summed E-state index contributed by atoms with van der Waals surface area (Å²) in [6, 6.07) is 2.91. The standard InChI is InChI=1S/C11H14N2O3/c12-9(10(14)15)4-11(6-16-7-11)8-2-1-3-13-5-8/h1-3,5,9H,4,6-7,12H2,(H,14,15). The lowest BCUT2D eigenvalue weighted by atomic mass is 9.74. The molecule has 2 rings (SSSR count). The minimum atomic E-state index is -0.977. The number of carboxylic acid groups (broad SMARTS) is 1. The zero-order valence-electron chi connectivity index (χ0n) is 8.80. The monoisotopic (exact) mass is 222 g/mol. The average molecular weight is 222 g/mol. The number of nitrogens with zero attached hydrogens (tertiary/aromatic N) is 1. The van der Waals surface area contributed by atoms with Gasteiger partial charge in [-0.3, -0.25) is 9.78 Å². The van der Waals surface area contributed by atoms with Crippen LogP contribution in [0.3, 0.4) is 0 Å². The van der Waals surface area contributed by atoms with Crippen molar-refractivity contribution in [2.24, 2.45) is 5.73 Å². The maximum Gasteiger partial charge on any atom is 0.320 e. The molecule has 16 heavy (non-hydrogen) atoms. The summed E-state index contributed by atoms with van der Waals surface area (Å²) in [5.41, 5.74) is 6.30. The molecule has 0 aliphatic carbocycles. The van der Waals surface area contributed by atoms with Crippen LogP contribution in [0.1, 0.15) is 12.0 Å². The van der Waals surface area contributed by atoms with E-state index in [9.17, 15) is 4.79 Å². The number of aliphatic carboxylic acids is 1. The number of carboxylic acids is 1. The first-order valence-electron chi connectivity index (χ1n) is 5.11. The summed E-state index contributed by atoms with van der Waals surface area (Å²) < 4.78 is 5.20. The molecule has 1 atom stereocenters. The summed E-state index contributed by atoms with van der Waals surface area (Å²) in [4.78, 5) is 14.8. The van der Waals surface area contributed by atoms with Gasteiger partial charge in [-0.05, 0) is 18.1 Å². The van der Waals surface area contributed by atoms with Crippen molar-refractivity contribution in [1.82, 2.24) is 4.98 Å². The topological polar surface area (TPSA) is 85.4 Å². The molecule has 1 saturated heterocycles. The molecule has 0 saturated carbocycles. The molecule has 0 spiro atoms. The first-order valence-corrected chi connectivity index (χ1v) is 5.11. The first kappa shape index (κ1) is 11.0. The number of pyridine rings is 1. The largest absolute Gasteiger partial charge is 0.480 e. The predicted octanol–water partition coefficient (Wildman–Crippen LogP) is 0.152. The second-order valence-electron chi connectivity index (χ2n) is 4.16. The van der Waals surface area contributed by atoms with E-state index >= 15 is 0 Å². The van der Waals surface area contributed by atoms with Gasteiger partial charge in [-0.2, -0.15) is 0 Å². The maximum atomic E-state index is 10.8. The van der Waals surface area contributed by atoms with E-state index in [1.54, 1.807) is 12.4 Å². The predicted molar refractivity (Wildman–Crippen MR) is 57.0 cm³/mol. The zero-order valence-corrected chi connectivity index (χ0v) is 8.80. The van der Waals surface area contributed by atoms with Crippen LogP contribution in [-0.4, -0.2) is 35.3 Å². The normalized spacial score (nSPS) is 19.8. The number of hydrogen-bond acceptors (Lipinski definition) is 4. The van der Waals surface area contributed by atoms with Crippen LogP contribution < -0.4 is 5.73 Å². The molecule has 2 heterocycles. The van der Waals surface area contributed by atoms with Gasteiger partial charge in [-0.15, -0.1) is 0 Å². The van der Waals surface area contributed by atoms with E-state index < -0.39 is 12.0 Å². The molecule has 0 aromatic carbocycles. The molecule has 1 unspecified atom stereocenters. The van der Waals surface area contributed by atoms with Crippen molar-refractivity contribution < 1.29 is 14.6 Å². The third-order valence-electron chi connectivity index (χ3n) is 2.96. The highest BCUT2D eigenvalue weighted by Crippen LogP contribution is 2.36. The van der Waals surface area contributed by atoms with Crippen molar-refractivity contribution in [3.8, 4) is 0 Å². The number of rotatable bonds is 4. The highest BCUT2D eigenvalue weighted by Gasteiger charge is 2.42. The van der Waals surface area contributed by atoms with Crippen LogP contribution in [0.25, 0.3) is 0 Å². The van der Waals surface area contributed by atoms with E-state index in [0.717, 1.165) is 5.56 Å². The Morgan fingerprint density at radius 2 is 2.44 bits per heavy atom. The van der Waals surface area contributed by atoms with Crippen LogP contribution in [0, 0.1) is 0 Å². The van der Waals surface area contributed by atoms with Crippen LogP contribution in [0.4, 0.5) is 0 Å². The Bertz CT molecular complexity index is 376. The summed E-state index contributed by atoms with van der Waals surface area (Å²) >= 11 is 0. The number of aromatic nitrogens is 1. The van der Waals surface area contributed by atoms with Gasteiger partial charge in [0.25, 0.3) is 0 Å². The van der Waals surface area contributed by atoms with Gasteiger partial charge >= 0.3 is 5.97 Å². The van der Waals surface area contributed by atoms with E-state index in [1.165, 1.54) is 0 Å². The summed E-state index contributed by atoms with van der Waals surface area (Å²) in [6.07, 6.45) is 3.82. The van der Waals surface area contributed by atoms with Gasteiger partial charge in [0.15, 0.2) is 0 Å².